The molecule has 3 aromatic heterocycles. The van der Waals surface area contributed by atoms with Crippen molar-refractivity contribution in [2.24, 2.45) is 5.92 Å². The number of para-hydroxylation sites is 1. The molecule has 1 atom stereocenters. The standard InChI is InChI=1S/C30H27N5O2/c1-19(2)14-15-22-10-8-11-23-18-25(35(30(37)27(22)23)24-12-6-5-7-13-24)20(3)32-29(36)26-21(4)33-34-17-9-16-31-28(26)34/h5-13,16-20H,1-4H3,(H,32,36)/t20-/m1/s1. The summed E-state index contributed by atoms with van der Waals surface area (Å²) in [6.45, 7) is 7.69. The zero-order chi connectivity index (χ0) is 26.1. The number of fused-ring (bicyclic) bond motifs is 2. The first-order valence-electron chi connectivity index (χ1n) is 12.2. The second-order valence-corrected chi connectivity index (χ2v) is 9.28. The molecule has 0 radical (unpaired) electrons. The van der Waals surface area contributed by atoms with Gasteiger partial charge in [-0.05, 0) is 49.6 Å². The average molecular weight is 490 g/mol. The SMILES string of the molecule is Cc1nn2cccnc2c1C(=O)N[C@H](C)c1cc2cccc(C#CC(C)C)c2c(=O)n1-c1ccccc1. The van der Waals surface area contributed by atoms with Crippen LogP contribution in [0.4, 0.5) is 0 Å². The van der Waals surface area contributed by atoms with Gasteiger partial charge in [0.15, 0.2) is 5.65 Å². The van der Waals surface area contributed by atoms with Crippen LogP contribution >= 0.6 is 0 Å². The van der Waals surface area contributed by atoms with Crippen LogP contribution in [0.3, 0.4) is 0 Å². The van der Waals surface area contributed by atoms with E-state index in [-0.39, 0.29) is 17.4 Å². The van der Waals surface area contributed by atoms with E-state index in [2.05, 4.69) is 27.2 Å². The van der Waals surface area contributed by atoms with Crippen LogP contribution in [0, 0.1) is 24.7 Å². The number of aryl methyl sites for hydroxylation is 1. The van der Waals surface area contributed by atoms with Crippen molar-refractivity contribution >= 4 is 22.3 Å². The van der Waals surface area contributed by atoms with Gasteiger partial charge >= 0.3 is 0 Å². The summed E-state index contributed by atoms with van der Waals surface area (Å²) in [5, 5.41) is 8.80. The van der Waals surface area contributed by atoms with E-state index < -0.39 is 6.04 Å². The number of aromatic nitrogens is 4. The molecule has 1 amide bonds. The molecule has 7 nitrogen and oxygen atoms in total. The van der Waals surface area contributed by atoms with Crippen molar-refractivity contribution in [3.8, 4) is 17.5 Å². The lowest BCUT2D eigenvalue weighted by atomic mass is 10.0. The monoisotopic (exact) mass is 489 g/mol. The fourth-order valence-corrected chi connectivity index (χ4v) is 4.48. The summed E-state index contributed by atoms with van der Waals surface area (Å²) in [5.74, 6) is 6.23. The van der Waals surface area contributed by atoms with E-state index in [0.717, 1.165) is 5.39 Å². The molecule has 184 valence electrons. The van der Waals surface area contributed by atoms with Gasteiger partial charge in [0.1, 0.15) is 5.56 Å². The molecule has 0 spiro atoms. The highest BCUT2D eigenvalue weighted by molar-refractivity contribution is 6.01. The Labute approximate surface area is 214 Å². The summed E-state index contributed by atoms with van der Waals surface area (Å²) in [4.78, 5) is 31.8. The zero-order valence-corrected chi connectivity index (χ0v) is 21.2. The normalized spacial score (nSPS) is 11.9. The number of hydrogen-bond donors (Lipinski definition) is 1. The van der Waals surface area contributed by atoms with Crippen molar-refractivity contribution < 1.29 is 4.79 Å². The second kappa shape index (κ2) is 9.75. The van der Waals surface area contributed by atoms with Crippen molar-refractivity contribution in [3.63, 3.8) is 0 Å². The molecular formula is C30H27N5O2. The Morgan fingerprint density at radius 2 is 1.81 bits per heavy atom. The van der Waals surface area contributed by atoms with Crippen molar-refractivity contribution in [2.45, 2.75) is 33.7 Å². The number of rotatable bonds is 4. The number of carbonyl (C=O) groups is 1. The van der Waals surface area contributed by atoms with Gasteiger partial charge in [-0.15, -0.1) is 0 Å². The first-order valence-corrected chi connectivity index (χ1v) is 12.2. The summed E-state index contributed by atoms with van der Waals surface area (Å²) in [6, 6.07) is 18.3. The highest BCUT2D eigenvalue weighted by Crippen LogP contribution is 2.24. The number of nitrogens with zero attached hydrogens (tertiary/aromatic N) is 4. The van der Waals surface area contributed by atoms with Gasteiger partial charge in [-0.3, -0.25) is 14.2 Å². The van der Waals surface area contributed by atoms with E-state index in [1.165, 1.54) is 0 Å². The Kier molecular flexibility index (Phi) is 6.33. The van der Waals surface area contributed by atoms with Crippen molar-refractivity contribution in [3.05, 3.63) is 106 Å². The van der Waals surface area contributed by atoms with Gasteiger partial charge in [0, 0.05) is 35.3 Å². The van der Waals surface area contributed by atoms with Crippen molar-refractivity contribution in [1.29, 1.82) is 0 Å². The van der Waals surface area contributed by atoms with Gasteiger partial charge in [-0.25, -0.2) is 9.50 Å². The molecular weight excluding hydrogens is 462 g/mol. The zero-order valence-electron chi connectivity index (χ0n) is 21.2. The third kappa shape index (κ3) is 4.50. The summed E-state index contributed by atoms with van der Waals surface area (Å²) >= 11 is 0. The van der Waals surface area contributed by atoms with Crippen LogP contribution in [-0.2, 0) is 0 Å². The average Bonchev–Trinajstić information content (AvgIpc) is 3.23. The van der Waals surface area contributed by atoms with Gasteiger partial charge in [0.25, 0.3) is 11.5 Å². The molecule has 0 fully saturated rings. The topological polar surface area (TPSA) is 81.3 Å². The maximum absolute atomic E-state index is 14.0. The highest BCUT2D eigenvalue weighted by atomic mass is 16.2. The second-order valence-electron chi connectivity index (χ2n) is 9.28. The van der Waals surface area contributed by atoms with E-state index in [1.807, 2.05) is 75.4 Å². The van der Waals surface area contributed by atoms with Crippen LogP contribution in [0.2, 0.25) is 0 Å². The van der Waals surface area contributed by atoms with E-state index in [0.29, 0.717) is 39.2 Å². The first kappa shape index (κ1) is 24.0. The number of hydrogen-bond acceptors (Lipinski definition) is 4. The van der Waals surface area contributed by atoms with Gasteiger partial charge in [-0.2, -0.15) is 5.10 Å². The molecule has 0 saturated heterocycles. The predicted molar refractivity (Wildman–Crippen MR) is 145 cm³/mol. The molecule has 1 N–H and O–H groups in total. The van der Waals surface area contributed by atoms with Gasteiger partial charge < -0.3 is 5.32 Å². The molecule has 0 aliphatic rings. The fraction of sp³-hybridized carbons (Fsp3) is 0.200. The predicted octanol–water partition coefficient (Wildman–Crippen LogP) is 4.84. The van der Waals surface area contributed by atoms with Crippen LogP contribution < -0.4 is 10.9 Å². The minimum Gasteiger partial charge on any atom is -0.344 e. The summed E-state index contributed by atoms with van der Waals surface area (Å²) in [7, 11) is 0. The van der Waals surface area contributed by atoms with Gasteiger partial charge in [0.05, 0.1) is 17.1 Å². The van der Waals surface area contributed by atoms with Gasteiger partial charge in [0.2, 0.25) is 0 Å². The number of pyridine rings is 1. The molecule has 0 bridgehead atoms. The summed E-state index contributed by atoms with van der Waals surface area (Å²) in [6.07, 6.45) is 3.39. The minimum atomic E-state index is -0.492. The quantitative estimate of drug-likeness (QED) is 0.366. The summed E-state index contributed by atoms with van der Waals surface area (Å²) in [5.41, 5.74) is 3.36. The van der Waals surface area contributed by atoms with Crippen molar-refractivity contribution in [2.75, 3.05) is 0 Å². The van der Waals surface area contributed by atoms with E-state index >= 15 is 0 Å². The molecule has 2 aromatic carbocycles. The molecule has 5 rings (SSSR count). The highest BCUT2D eigenvalue weighted by Gasteiger charge is 2.23. The van der Waals surface area contributed by atoms with Crippen LogP contribution in [-0.4, -0.2) is 25.1 Å². The van der Waals surface area contributed by atoms with Crippen LogP contribution in [0.1, 0.15) is 54.1 Å². The largest absolute Gasteiger partial charge is 0.344 e. The Balaban J connectivity index is 1.66. The lowest BCUT2D eigenvalue weighted by molar-refractivity contribution is 0.0939. The third-order valence-electron chi connectivity index (χ3n) is 6.17. The van der Waals surface area contributed by atoms with Crippen LogP contribution in [0.15, 0.2) is 77.9 Å². The van der Waals surface area contributed by atoms with Crippen LogP contribution in [0.25, 0.3) is 22.1 Å². The summed E-state index contributed by atoms with van der Waals surface area (Å²) < 4.78 is 3.25. The smallest absolute Gasteiger partial charge is 0.264 e. The lowest BCUT2D eigenvalue weighted by Crippen LogP contribution is -2.32. The number of amides is 1. The number of carbonyl (C=O) groups excluding carboxylic acids is 1. The van der Waals surface area contributed by atoms with Crippen molar-refractivity contribution in [1.82, 2.24) is 24.5 Å². The Morgan fingerprint density at radius 3 is 2.57 bits per heavy atom. The van der Waals surface area contributed by atoms with Crippen LogP contribution in [0.5, 0.6) is 0 Å². The lowest BCUT2D eigenvalue weighted by Gasteiger charge is -2.21. The number of benzene rings is 2. The molecule has 0 saturated carbocycles. The van der Waals surface area contributed by atoms with E-state index in [9.17, 15) is 9.59 Å². The molecule has 0 aliphatic heterocycles. The molecule has 5 aromatic rings. The van der Waals surface area contributed by atoms with Gasteiger partial charge in [-0.1, -0.05) is 56.0 Å². The fourth-order valence-electron chi connectivity index (χ4n) is 4.48. The Bertz CT molecular complexity index is 1750. The molecule has 0 unspecified atom stereocenters. The minimum absolute atomic E-state index is 0.178. The van der Waals surface area contributed by atoms with E-state index in [1.54, 1.807) is 34.5 Å². The maximum Gasteiger partial charge on any atom is 0.264 e. The maximum atomic E-state index is 14.0. The first-order chi connectivity index (χ1) is 17.8. The number of nitrogens with one attached hydrogen (secondary N) is 1. The molecule has 37 heavy (non-hydrogen) atoms. The Morgan fingerprint density at radius 1 is 1.03 bits per heavy atom. The van der Waals surface area contributed by atoms with E-state index in [4.69, 9.17) is 0 Å². The molecule has 7 heteroatoms. The molecule has 3 heterocycles. The third-order valence-corrected chi connectivity index (χ3v) is 6.17. The Hall–Kier alpha value is -4.70. The molecule has 0 aliphatic carbocycles.